The molecule has 24 heavy (non-hydrogen) atoms. The van der Waals surface area contributed by atoms with Gasteiger partial charge in [-0.25, -0.2) is 13.2 Å². The Labute approximate surface area is 134 Å². The minimum absolute atomic E-state index is 0.0664. The first-order valence-electron chi connectivity index (χ1n) is 5.93. The maximum atomic E-state index is 13.9. The number of aromatic nitrogens is 2. The van der Waals surface area contributed by atoms with Crippen molar-refractivity contribution in [3.63, 3.8) is 0 Å². The van der Waals surface area contributed by atoms with E-state index in [2.05, 4.69) is 5.10 Å². The van der Waals surface area contributed by atoms with Crippen LogP contribution in [0.15, 0.2) is 12.3 Å². The van der Waals surface area contributed by atoms with Gasteiger partial charge in [-0.2, -0.15) is 13.2 Å². The van der Waals surface area contributed by atoms with Crippen molar-refractivity contribution in [3.8, 4) is 11.6 Å². The van der Waals surface area contributed by atoms with Crippen LogP contribution in [0.25, 0.3) is 0 Å². The molecular formula is C12H6ClF6N3O2. The fourth-order valence-corrected chi connectivity index (χ4v) is 1.86. The third-order valence-electron chi connectivity index (χ3n) is 2.74. The van der Waals surface area contributed by atoms with Crippen LogP contribution in [0.3, 0.4) is 0 Å². The van der Waals surface area contributed by atoms with Crippen molar-refractivity contribution in [1.82, 2.24) is 14.6 Å². The molecule has 130 valence electrons. The minimum Gasteiger partial charge on any atom is -0.434 e. The molecule has 12 heteroatoms. The third-order valence-corrected chi connectivity index (χ3v) is 2.91. The summed E-state index contributed by atoms with van der Waals surface area (Å²) in [5.41, 5.74) is -2.83. The standard InChI is InChI=1S/C12H6ClF6N3O2/c1-22-3-4(10(23)20-13)11(21-22)24-6-2-5(14)8(15)7(9(6)16)12(17,18)19/h2-3H,1H3,(H,20,23). The Balaban J connectivity index is 2.56. The Morgan fingerprint density at radius 1 is 1.29 bits per heavy atom. The van der Waals surface area contributed by atoms with Crippen LogP contribution >= 0.6 is 11.8 Å². The average Bonchev–Trinajstić information content (AvgIpc) is 2.83. The largest absolute Gasteiger partial charge is 0.434 e. The monoisotopic (exact) mass is 373 g/mol. The summed E-state index contributed by atoms with van der Waals surface area (Å²) in [4.78, 5) is 13.2. The number of nitrogens with zero attached hydrogens (tertiary/aromatic N) is 2. The summed E-state index contributed by atoms with van der Waals surface area (Å²) in [5, 5.41) is 3.57. The molecule has 0 aliphatic carbocycles. The van der Waals surface area contributed by atoms with Gasteiger partial charge in [0.05, 0.1) is 0 Å². The number of aryl methyl sites for hydroxylation is 1. The van der Waals surface area contributed by atoms with E-state index in [-0.39, 0.29) is 11.6 Å². The molecule has 2 aromatic rings. The molecule has 1 heterocycles. The highest BCUT2D eigenvalue weighted by Crippen LogP contribution is 2.39. The summed E-state index contributed by atoms with van der Waals surface area (Å²) in [6.45, 7) is 0. The molecule has 0 saturated heterocycles. The Morgan fingerprint density at radius 3 is 2.46 bits per heavy atom. The van der Waals surface area contributed by atoms with Crippen LogP contribution in [0.1, 0.15) is 15.9 Å². The minimum atomic E-state index is -5.51. The first-order chi connectivity index (χ1) is 11.1. The molecule has 0 fully saturated rings. The SMILES string of the molecule is Cn1cc(C(=O)NCl)c(Oc2cc(F)c(F)c(C(F)(F)F)c2F)n1. The Morgan fingerprint density at radius 2 is 1.92 bits per heavy atom. The van der Waals surface area contributed by atoms with Gasteiger partial charge < -0.3 is 4.74 Å². The smallest absolute Gasteiger partial charge is 0.422 e. The fraction of sp³-hybridized carbons (Fsp3) is 0.167. The number of hydrogen-bond acceptors (Lipinski definition) is 3. The number of carbonyl (C=O) groups excluding carboxylic acids is 1. The van der Waals surface area contributed by atoms with Crippen LogP contribution in [-0.2, 0) is 13.2 Å². The topological polar surface area (TPSA) is 56.2 Å². The van der Waals surface area contributed by atoms with Crippen molar-refractivity contribution in [1.29, 1.82) is 0 Å². The van der Waals surface area contributed by atoms with Gasteiger partial charge in [0.15, 0.2) is 23.2 Å². The molecule has 1 amide bonds. The van der Waals surface area contributed by atoms with Crippen molar-refractivity contribution in [2.45, 2.75) is 6.18 Å². The van der Waals surface area contributed by atoms with Gasteiger partial charge in [-0.3, -0.25) is 14.3 Å². The molecular weight excluding hydrogens is 368 g/mol. The van der Waals surface area contributed by atoms with Crippen molar-refractivity contribution in [3.05, 3.63) is 40.8 Å². The average molecular weight is 374 g/mol. The van der Waals surface area contributed by atoms with E-state index in [1.54, 1.807) is 4.84 Å². The van der Waals surface area contributed by atoms with E-state index in [4.69, 9.17) is 16.5 Å². The molecule has 0 aliphatic heterocycles. The van der Waals surface area contributed by atoms with Crippen LogP contribution in [0, 0.1) is 17.5 Å². The quantitative estimate of drug-likeness (QED) is 0.509. The van der Waals surface area contributed by atoms with E-state index in [0.717, 1.165) is 10.9 Å². The summed E-state index contributed by atoms with van der Waals surface area (Å²) in [6, 6.07) is 0.0664. The van der Waals surface area contributed by atoms with Gasteiger partial charge in [0.2, 0.25) is 0 Å². The predicted molar refractivity (Wildman–Crippen MR) is 67.9 cm³/mol. The zero-order valence-corrected chi connectivity index (χ0v) is 12.3. The summed E-state index contributed by atoms with van der Waals surface area (Å²) < 4.78 is 84.2. The summed E-state index contributed by atoms with van der Waals surface area (Å²) in [7, 11) is 1.32. The zero-order valence-electron chi connectivity index (χ0n) is 11.5. The highest BCUT2D eigenvalue weighted by atomic mass is 35.5. The number of hydrogen-bond donors (Lipinski definition) is 1. The van der Waals surface area contributed by atoms with Gasteiger partial charge in [0.25, 0.3) is 11.8 Å². The first-order valence-corrected chi connectivity index (χ1v) is 6.31. The summed E-state index contributed by atoms with van der Waals surface area (Å²) >= 11 is 5.11. The lowest BCUT2D eigenvalue weighted by Gasteiger charge is -2.13. The lowest BCUT2D eigenvalue weighted by molar-refractivity contribution is -0.143. The van der Waals surface area contributed by atoms with E-state index < -0.39 is 46.7 Å². The molecule has 1 aromatic heterocycles. The number of halogens is 7. The van der Waals surface area contributed by atoms with E-state index in [1.807, 2.05) is 0 Å². The maximum absolute atomic E-state index is 13.9. The summed E-state index contributed by atoms with van der Waals surface area (Å²) in [5.74, 6) is -9.51. The lowest BCUT2D eigenvalue weighted by Crippen LogP contribution is -2.15. The molecule has 0 radical (unpaired) electrons. The van der Waals surface area contributed by atoms with Crippen LogP contribution in [0.2, 0.25) is 0 Å². The summed E-state index contributed by atoms with van der Waals surface area (Å²) in [6.07, 6.45) is -4.44. The maximum Gasteiger partial charge on any atom is 0.422 e. The molecule has 0 atom stereocenters. The number of carbonyl (C=O) groups is 1. The number of alkyl halides is 3. The molecule has 5 nitrogen and oxygen atoms in total. The predicted octanol–water partition coefficient (Wildman–Crippen LogP) is 3.53. The Bertz CT molecular complexity index is 805. The number of rotatable bonds is 3. The van der Waals surface area contributed by atoms with Crippen LogP contribution in [0.5, 0.6) is 11.6 Å². The molecule has 0 unspecified atom stereocenters. The van der Waals surface area contributed by atoms with Crippen LogP contribution in [0.4, 0.5) is 26.3 Å². The van der Waals surface area contributed by atoms with Crippen molar-refractivity contribution in [2.24, 2.45) is 7.05 Å². The van der Waals surface area contributed by atoms with Gasteiger partial charge >= 0.3 is 6.18 Å². The van der Waals surface area contributed by atoms with Crippen molar-refractivity contribution in [2.75, 3.05) is 0 Å². The molecule has 0 aliphatic rings. The molecule has 0 saturated carbocycles. The van der Waals surface area contributed by atoms with Crippen LogP contribution < -0.4 is 9.57 Å². The number of ether oxygens (including phenoxy) is 1. The van der Waals surface area contributed by atoms with Crippen LogP contribution in [-0.4, -0.2) is 15.7 Å². The lowest BCUT2D eigenvalue weighted by atomic mass is 10.1. The normalized spacial score (nSPS) is 11.5. The Kier molecular flexibility index (Phi) is 4.65. The highest BCUT2D eigenvalue weighted by Gasteiger charge is 2.41. The van der Waals surface area contributed by atoms with Gasteiger partial charge in [0, 0.05) is 31.1 Å². The van der Waals surface area contributed by atoms with Gasteiger partial charge in [-0.15, -0.1) is 5.10 Å². The van der Waals surface area contributed by atoms with Gasteiger partial charge in [-0.05, 0) is 0 Å². The second-order valence-corrected chi connectivity index (χ2v) is 4.59. The molecule has 0 spiro atoms. The van der Waals surface area contributed by atoms with Gasteiger partial charge in [-0.1, -0.05) is 0 Å². The highest BCUT2D eigenvalue weighted by molar-refractivity contribution is 6.24. The van der Waals surface area contributed by atoms with E-state index in [0.29, 0.717) is 0 Å². The second-order valence-electron chi connectivity index (χ2n) is 4.40. The molecule has 2 rings (SSSR count). The Hall–Kier alpha value is -2.43. The second kappa shape index (κ2) is 6.23. The number of nitrogens with one attached hydrogen (secondary N) is 1. The molecule has 1 N–H and O–H groups in total. The van der Waals surface area contributed by atoms with Crippen molar-refractivity contribution < 1.29 is 35.9 Å². The van der Waals surface area contributed by atoms with E-state index in [9.17, 15) is 31.1 Å². The number of benzene rings is 1. The van der Waals surface area contributed by atoms with Crippen molar-refractivity contribution >= 4 is 17.7 Å². The fourth-order valence-electron chi connectivity index (χ4n) is 1.76. The molecule has 0 bridgehead atoms. The zero-order chi connectivity index (χ0) is 18.2. The van der Waals surface area contributed by atoms with Gasteiger partial charge in [0.1, 0.15) is 11.1 Å². The number of amides is 1. The third kappa shape index (κ3) is 3.25. The molecule has 1 aromatic carbocycles. The first kappa shape index (κ1) is 17.9. The van der Waals surface area contributed by atoms with E-state index >= 15 is 0 Å². The van der Waals surface area contributed by atoms with E-state index in [1.165, 1.54) is 7.05 Å².